The summed E-state index contributed by atoms with van der Waals surface area (Å²) in [7, 11) is 0. The van der Waals surface area contributed by atoms with Crippen LogP contribution < -0.4 is 5.73 Å². The number of nitrogens with two attached hydrogens (primary N) is 1. The molecule has 19 heavy (non-hydrogen) atoms. The molecule has 0 aromatic heterocycles. The molecule has 1 amide bonds. The Morgan fingerprint density at radius 2 is 2.00 bits per heavy atom. The highest BCUT2D eigenvalue weighted by atomic mass is 35.5. The van der Waals surface area contributed by atoms with Gasteiger partial charge in [0.25, 0.3) is 0 Å². The lowest BCUT2D eigenvalue weighted by Crippen LogP contribution is -2.48. The fourth-order valence-corrected chi connectivity index (χ4v) is 2.17. The van der Waals surface area contributed by atoms with Gasteiger partial charge >= 0.3 is 0 Å². The van der Waals surface area contributed by atoms with Crippen molar-refractivity contribution in [2.75, 3.05) is 6.54 Å². The van der Waals surface area contributed by atoms with Gasteiger partial charge in [-0.25, -0.2) is 0 Å². The molecule has 1 aliphatic rings. The van der Waals surface area contributed by atoms with Gasteiger partial charge in [-0.05, 0) is 18.4 Å². The van der Waals surface area contributed by atoms with E-state index in [1.165, 1.54) is 4.90 Å². The second-order valence-corrected chi connectivity index (χ2v) is 4.60. The summed E-state index contributed by atoms with van der Waals surface area (Å²) in [5.41, 5.74) is 6.83. The Kier molecular flexibility index (Phi) is 5.75. The van der Waals surface area contributed by atoms with Crippen molar-refractivity contribution in [1.29, 1.82) is 0 Å². The number of halogens is 1. The molecule has 1 heterocycles. The molecule has 0 bridgehead atoms. The average Bonchev–Trinajstić information content (AvgIpc) is 2.70. The molecule has 3 atom stereocenters. The molecule has 0 aliphatic carbocycles. The van der Waals surface area contributed by atoms with Crippen molar-refractivity contribution >= 4 is 18.3 Å². The Morgan fingerprint density at radius 1 is 1.37 bits per heavy atom. The van der Waals surface area contributed by atoms with Crippen LogP contribution in [0, 0.1) is 0 Å². The predicted octanol–water partition coefficient (Wildman–Crippen LogP) is -0.110. The van der Waals surface area contributed by atoms with Crippen LogP contribution in [-0.4, -0.2) is 45.9 Å². The van der Waals surface area contributed by atoms with Crippen molar-refractivity contribution in [1.82, 2.24) is 4.90 Å². The third kappa shape index (κ3) is 3.67. The molecule has 1 aromatic carbocycles. The van der Waals surface area contributed by atoms with Crippen LogP contribution in [0.15, 0.2) is 30.3 Å². The van der Waals surface area contributed by atoms with Gasteiger partial charge in [0.1, 0.15) is 6.10 Å². The maximum absolute atomic E-state index is 12.0. The lowest BCUT2D eigenvalue weighted by Gasteiger charge is -2.24. The minimum atomic E-state index is -1.13. The Hall–Kier alpha value is -1.14. The largest absolute Gasteiger partial charge is 0.388 e. The Labute approximate surface area is 118 Å². The van der Waals surface area contributed by atoms with Crippen LogP contribution in [0.5, 0.6) is 0 Å². The zero-order valence-corrected chi connectivity index (χ0v) is 11.3. The SMILES string of the molecule is Cl.NC(Cc1ccccc1)C(=O)N1CC[C@@H](O)C1O. The molecule has 6 heteroatoms. The number of benzene rings is 1. The van der Waals surface area contributed by atoms with Crippen LogP contribution >= 0.6 is 12.4 Å². The Balaban J connectivity index is 0.00000180. The molecule has 1 fully saturated rings. The molecule has 2 unspecified atom stereocenters. The third-order valence-electron chi connectivity index (χ3n) is 3.23. The van der Waals surface area contributed by atoms with Gasteiger partial charge in [-0.3, -0.25) is 4.79 Å². The van der Waals surface area contributed by atoms with E-state index in [1.54, 1.807) is 0 Å². The van der Waals surface area contributed by atoms with E-state index in [-0.39, 0.29) is 18.3 Å². The number of aliphatic hydroxyl groups excluding tert-OH is 2. The molecular formula is C13H19ClN2O3. The van der Waals surface area contributed by atoms with E-state index in [0.717, 1.165) is 5.56 Å². The van der Waals surface area contributed by atoms with Gasteiger partial charge in [-0.15, -0.1) is 12.4 Å². The summed E-state index contributed by atoms with van der Waals surface area (Å²) in [4.78, 5) is 13.3. The van der Waals surface area contributed by atoms with E-state index in [1.807, 2.05) is 30.3 Å². The number of likely N-dealkylation sites (tertiary alicyclic amines) is 1. The van der Waals surface area contributed by atoms with E-state index in [0.29, 0.717) is 19.4 Å². The van der Waals surface area contributed by atoms with Crippen molar-refractivity contribution in [3.63, 3.8) is 0 Å². The Bertz CT molecular complexity index is 416. The topological polar surface area (TPSA) is 86.8 Å². The molecule has 1 aromatic rings. The third-order valence-corrected chi connectivity index (χ3v) is 3.23. The highest BCUT2D eigenvalue weighted by molar-refractivity contribution is 5.85. The van der Waals surface area contributed by atoms with Crippen molar-refractivity contribution in [2.24, 2.45) is 5.73 Å². The van der Waals surface area contributed by atoms with E-state index < -0.39 is 18.4 Å². The molecule has 1 saturated heterocycles. The van der Waals surface area contributed by atoms with Crippen molar-refractivity contribution in [2.45, 2.75) is 31.2 Å². The number of rotatable bonds is 3. The highest BCUT2D eigenvalue weighted by Crippen LogP contribution is 2.17. The molecule has 4 N–H and O–H groups in total. The number of carbonyl (C=O) groups is 1. The van der Waals surface area contributed by atoms with E-state index in [4.69, 9.17) is 5.73 Å². The van der Waals surface area contributed by atoms with Gasteiger partial charge in [-0.2, -0.15) is 0 Å². The first-order valence-electron chi connectivity index (χ1n) is 6.05. The summed E-state index contributed by atoms with van der Waals surface area (Å²) in [5.74, 6) is -0.317. The maximum atomic E-state index is 12.0. The first kappa shape index (κ1) is 15.9. The maximum Gasteiger partial charge on any atom is 0.241 e. The normalized spacial score (nSPS) is 23.8. The molecule has 1 aliphatic heterocycles. The summed E-state index contributed by atoms with van der Waals surface area (Å²) in [5, 5.41) is 19.0. The summed E-state index contributed by atoms with van der Waals surface area (Å²) in [6.07, 6.45) is -1.17. The first-order valence-corrected chi connectivity index (χ1v) is 6.05. The van der Waals surface area contributed by atoms with Crippen LogP contribution in [0.3, 0.4) is 0 Å². The molecule has 5 nitrogen and oxygen atoms in total. The number of carbonyl (C=O) groups excluding carboxylic acids is 1. The Morgan fingerprint density at radius 3 is 2.53 bits per heavy atom. The van der Waals surface area contributed by atoms with Crippen molar-refractivity contribution < 1.29 is 15.0 Å². The lowest BCUT2D eigenvalue weighted by molar-refractivity contribution is -0.143. The van der Waals surface area contributed by atoms with Gasteiger partial charge < -0.3 is 20.8 Å². The van der Waals surface area contributed by atoms with E-state index >= 15 is 0 Å². The van der Waals surface area contributed by atoms with Gasteiger partial charge in [0.15, 0.2) is 6.23 Å². The summed E-state index contributed by atoms with van der Waals surface area (Å²) in [6.45, 7) is 0.351. The number of nitrogens with zero attached hydrogens (tertiary/aromatic N) is 1. The van der Waals surface area contributed by atoms with Gasteiger partial charge in [0, 0.05) is 6.54 Å². The van der Waals surface area contributed by atoms with Crippen LogP contribution in [0.2, 0.25) is 0 Å². The zero-order chi connectivity index (χ0) is 13.1. The highest BCUT2D eigenvalue weighted by Gasteiger charge is 2.36. The lowest BCUT2D eigenvalue weighted by atomic mass is 10.1. The number of aliphatic hydroxyl groups is 2. The fourth-order valence-electron chi connectivity index (χ4n) is 2.17. The van der Waals surface area contributed by atoms with Crippen LogP contribution in [-0.2, 0) is 11.2 Å². The first-order chi connectivity index (χ1) is 8.59. The standard InChI is InChI=1S/C13H18N2O3.ClH/c14-10(8-9-4-2-1-3-5-9)12(17)15-7-6-11(16)13(15)18;/h1-5,10-11,13,16,18H,6-8,14H2;1H/t10?,11-,13?;/m1./s1. The zero-order valence-electron chi connectivity index (χ0n) is 10.5. The average molecular weight is 287 g/mol. The van der Waals surface area contributed by atoms with Crippen LogP contribution in [0.1, 0.15) is 12.0 Å². The predicted molar refractivity (Wildman–Crippen MR) is 73.7 cm³/mol. The summed E-state index contributed by atoms with van der Waals surface area (Å²) < 4.78 is 0. The molecule has 106 valence electrons. The molecule has 2 rings (SSSR count). The molecule has 0 radical (unpaired) electrons. The van der Waals surface area contributed by atoms with Crippen LogP contribution in [0.25, 0.3) is 0 Å². The molecule has 0 saturated carbocycles. The van der Waals surface area contributed by atoms with Crippen molar-refractivity contribution in [3.8, 4) is 0 Å². The second kappa shape index (κ2) is 6.86. The van der Waals surface area contributed by atoms with E-state index in [2.05, 4.69) is 0 Å². The molecular weight excluding hydrogens is 268 g/mol. The van der Waals surface area contributed by atoms with Gasteiger partial charge in [0.2, 0.25) is 5.91 Å². The monoisotopic (exact) mass is 286 g/mol. The minimum absolute atomic E-state index is 0. The smallest absolute Gasteiger partial charge is 0.241 e. The van der Waals surface area contributed by atoms with Crippen LogP contribution in [0.4, 0.5) is 0 Å². The summed E-state index contributed by atoms with van der Waals surface area (Å²) >= 11 is 0. The molecule has 0 spiro atoms. The fraction of sp³-hybridized carbons (Fsp3) is 0.462. The quantitative estimate of drug-likeness (QED) is 0.724. The number of hydrogen-bond acceptors (Lipinski definition) is 4. The van der Waals surface area contributed by atoms with Crippen molar-refractivity contribution in [3.05, 3.63) is 35.9 Å². The van der Waals surface area contributed by atoms with E-state index in [9.17, 15) is 15.0 Å². The second-order valence-electron chi connectivity index (χ2n) is 4.60. The summed E-state index contributed by atoms with van der Waals surface area (Å²) in [6, 6.07) is 8.80. The van der Waals surface area contributed by atoms with Gasteiger partial charge in [-0.1, -0.05) is 30.3 Å². The number of amides is 1. The number of hydrogen-bond donors (Lipinski definition) is 3. The van der Waals surface area contributed by atoms with Gasteiger partial charge in [0.05, 0.1) is 6.04 Å². The minimum Gasteiger partial charge on any atom is -0.388 e.